The summed E-state index contributed by atoms with van der Waals surface area (Å²) in [5, 5.41) is 2.77. The lowest BCUT2D eigenvalue weighted by atomic mass is 10.1. The van der Waals surface area contributed by atoms with E-state index in [0.29, 0.717) is 23.1 Å². The predicted molar refractivity (Wildman–Crippen MR) is 84.5 cm³/mol. The fourth-order valence-corrected chi connectivity index (χ4v) is 2.16. The van der Waals surface area contributed by atoms with E-state index in [0.717, 1.165) is 12.0 Å². The van der Waals surface area contributed by atoms with Gasteiger partial charge in [0.2, 0.25) is 0 Å². The summed E-state index contributed by atoms with van der Waals surface area (Å²) in [5.41, 5.74) is 7.95. The highest BCUT2D eigenvalue weighted by atomic mass is 79.9. The van der Waals surface area contributed by atoms with Crippen LogP contribution in [-0.2, 0) is 13.0 Å². The Morgan fingerprint density at radius 1 is 1.14 bits per heavy atom. The highest BCUT2D eigenvalue weighted by Crippen LogP contribution is 2.16. The van der Waals surface area contributed by atoms with Gasteiger partial charge in [-0.1, -0.05) is 24.3 Å². The molecular weight excluding hydrogens is 335 g/mol. The fourth-order valence-electron chi connectivity index (χ4n) is 1.91. The first-order chi connectivity index (χ1) is 10.1. The van der Waals surface area contributed by atoms with E-state index in [-0.39, 0.29) is 5.91 Å². The average molecular weight is 351 g/mol. The molecule has 3 N–H and O–H groups in total. The Kier molecular flexibility index (Phi) is 5.47. The summed E-state index contributed by atoms with van der Waals surface area (Å²) in [4.78, 5) is 11.9. The second-order valence-corrected chi connectivity index (χ2v) is 5.52. The smallest absolute Gasteiger partial charge is 0.251 e. The van der Waals surface area contributed by atoms with Gasteiger partial charge in [-0.05, 0) is 58.2 Å². The number of nitrogens with two attached hydrogens (primary N) is 1. The zero-order valence-electron chi connectivity index (χ0n) is 11.4. The van der Waals surface area contributed by atoms with Crippen LogP contribution < -0.4 is 11.1 Å². The first-order valence-electron chi connectivity index (χ1n) is 6.61. The van der Waals surface area contributed by atoms with Gasteiger partial charge in [0.1, 0.15) is 5.82 Å². The van der Waals surface area contributed by atoms with Crippen LogP contribution in [0.25, 0.3) is 0 Å². The number of amides is 1. The van der Waals surface area contributed by atoms with Crippen LogP contribution in [0.1, 0.15) is 21.5 Å². The summed E-state index contributed by atoms with van der Waals surface area (Å²) in [5.74, 6) is -0.749. The van der Waals surface area contributed by atoms with Gasteiger partial charge in [0.25, 0.3) is 5.91 Å². The van der Waals surface area contributed by atoms with E-state index >= 15 is 0 Å². The molecule has 0 aliphatic carbocycles. The maximum absolute atomic E-state index is 13.4. The van der Waals surface area contributed by atoms with E-state index in [9.17, 15) is 9.18 Å². The second kappa shape index (κ2) is 7.33. The zero-order chi connectivity index (χ0) is 15.2. The molecule has 0 bridgehead atoms. The molecule has 0 saturated carbocycles. The average Bonchev–Trinajstić information content (AvgIpc) is 2.49. The molecule has 2 aromatic rings. The van der Waals surface area contributed by atoms with E-state index in [2.05, 4.69) is 21.2 Å². The summed E-state index contributed by atoms with van der Waals surface area (Å²) >= 11 is 3.06. The first-order valence-corrected chi connectivity index (χ1v) is 7.40. The van der Waals surface area contributed by atoms with Crippen molar-refractivity contribution in [3.63, 3.8) is 0 Å². The molecular formula is C16H16BrFN2O. The summed E-state index contributed by atoms with van der Waals surface area (Å²) in [7, 11) is 0. The molecule has 0 spiro atoms. The van der Waals surface area contributed by atoms with Crippen LogP contribution in [0.4, 0.5) is 4.39 Å². The van der Waals surface area contributed by atoms with Crippen molar-refractivity contribution in [2.24, 2.45) is 5.73 Å². The Hall–Kier alpha value is -1.72. The number of nitrogens with one attached hydrogen (secondary N) is 1. The van der Waals surface area contributed by atoms with E-state index in [1.807, 2.05) is 24.3 Å². The van der Waals surface area contributed by atoms with Crippen LogP contribution >= 0.6 is 15.9 Å². The van der Waals surface area contributed by atoms with Crippen LogP contribution in [0, 0.1) is 5.82 Å². The van der Waals surface area contributed by atoms with Crippen molar-refractivity contribution in [1.29, 1.82) is 0 Å². The maximum atomic E-state index is 13.4. The molecule has 0 unspecified atom stereocenters. The van der Waals surface area contributed by atoms with Crippen molar-refractivity contribution in [2.75, 3.05) is 6.54 Å². The Labute approximate surface area is 131 Å². The number of carbonyl (C=O) groups excluding carboxylic acids is 1. The van der Waals surface area contributed by atoms with Crippen LogP contribution in [0.5, 0.6) is 0 Å². The predicted octanol–water partition coefficient (Wildman–Crippen LogP) is 3.02. The number of benzene rings is 2. The number of hydrogen-bond donors (Lipinski definition) is 2. The molecule has 21 heavy (non-hydrogen) atoms. The topological polar surface area (TPSA) is 55.1 Å². The highest BCUT2D eigenvalue weighted by Gasteiger charge is 2.08. The van der Waals surface area contributed by atoms with Gasteiger partial charge in [-0.3, -0.25) is 4.79 Å². The molecule has 0 aliphatic rings. The highest BCUT2D eigenvalue weighted by molar-refractivity contribution is 9.10. The van der Waals surface area contributed by atoms with Crippen LogP contribution in [0.2, 0.25) is 0 Å². The van der Waals surface area contributed by atoms with Gasteiger partial charge in [-0.25, -0.2) is 4.39 Å². The van der Waals surface area contributed by atoms with Gasteiger partial charge in [-0.2, -0.15) is 0 Å². The molecule has 1 amide bonds. The molecule has 0 saturated heterocycles. The molecule has 5 heteroatoms. The molecule has 0 heterocycles. The van der Waals surface area contributed by atoms with Crippen LogP contribution in [0.15, 0.2) is 46.9 Å². The minimum atomic E-state index is -0.450. The SMILES string of the molecule is NCCc1ccc(CNC(=O)c2ccc(Br)c(F)c2)cc1. The lowest BCUT2D eigenvalue weighted by molar-refractivity contribution is 0.0950. The standard InChI is InChI=1S/C16H16BrFN2O/c17-14-6-5-13(9-15(14)18)16(21)20-10-12-3-1-11(2-4-12)7-8-19/h1-6,9H,7-8,10,19H2,(H,20,21). The third kappa shape index (κ3) is 4.37. The Balaban J connectivity index is 1.95. The van der Waals surface area contributed by atoms with E-state index in [1.54, 1.807) is 6.07 Å². The van der Waals surface area contributed by atoms with Gasteiger partial charge in [0.15, 0.2) is 0 Å². The Bertz CT molecular complexity index is 629. The van der Waals surface area contributed by atoms with Crippen molar-refractivity contribution in [3.05, 3.63) is 69.4 Å². The molecule has 0 aromatic heterocycles. The monoisotopic (exact) mass is 350 g/mol. The molecule has 0 radical (unpaired) electrons. The summed E-state index contributed by atoms with van der Waals surface area (Å²) in [6, 6.07) is 12.2. The van der Waals surface area contributed by atoms with Gasteiger partial charge >= 0.3 is 0 Å². The maximum Gasteiger partial charge on any atom is 0.251 e. The van der Waals surface area contributed by atoms with Gasteiger partial charge < -0.3 is 11.1 Å². The molecule has 110 valence electrons. The largest absolute Gasteiger partial charge is 0.348 e. The summed E-state index contributed by atoms with van der Waals surface area (Å²) in [6.07, 6.45) is 0.838. The van der Waals surface area contributed by atoms with Crippen molar-refractivity contribution < 1.29 is 9.18 Å². The molecule has 0 fully saturated rings. The van der Waals surface area contributed by atoms with Gasteiger partial charge in [0, 0.05) is 12.1 Å². The lowest BCUT2D eigenvalue weighted by Crippen LogP contribution is -2.22. The number of carbonyl (C=O) groups is 1. The third-order valence-corrected chi connectivity index (χ3v) is 3.73. The third-order valence-electron chi connectivity index (χ3n) is 3.09. The van der Waals surface area contributed by atoms with Crippen LogP contribution in [0.3, 0.4) is 0 Å². The summed E-state index contributed by atoms with van der Waals surface area (Å²) in [6.45, 7) is 1.02. The van der Waals surface area contributed by atoms with Crippen molar-refractivity contribution >= 4 is 21.8 Å². The molecule has 3 nitrogen and oxygen atoms in total. The normalized spacial score (nSPS) is 10.4. The molecule has 0 atom stereocenters. The van der Waals surface area contributed by atoms with Crippen molar-refractivity contribution in [1.82, 2.24) is 5.32 Å². The Morgan fingerprint density at radius 3 is 2.43 bits per heavy atom. The van der Waals surface area contributed by atoms with Gasteiger partial charge in [-0.15, -0.1) is 0 Å². The minimum absolute atomic E-state index is 0.299. The minimum Gasteiger partial charge on any atom is -0.348 e. The Morgan fingerprint density at radius 2 is 1.81 bits per heavy atom. The van der Waals surface area contributed by atoms with Crippen molar-refractivity contribution in [2.45, 2.75) is 13.0 Å². The number of rotatable bonds is 5. The quantitative estimate of drug-likeness (QED) is 0.870. The van der Waals surface area contributed by atoms with E-state index in [1.165, 1.54) is 17.7 Å². The van der Waals surface area contributed by atoms with Crippen LogP contribution in [-0.4, -0.2) is 12.5 Å². The van der Waals surface area contributed by atoms with Crippen molar-refractivity contribution in [3.8, 4) is 0 Å². The zero-order valence-corrected chi connectivity index (χ0v) is 13.0. The van der Waals surface area contributed by atoms with Gasteiger partial charge in [0.05, 0.1) is 4.47 Å². The molecule has 2 rings (SSSR count). The number of halogens is 2. The van der Waals surface area contributed by atoms with E-state index < -0.39 is 5.82 Å². The second-order valence-electron chi connectivity index (χ2n) is 4.67. The summed E-state index contributed by atoms with van der Waals surface area (Å²) < 4.78 is 13.7. The first kappa shape index (κ1) is 15.7. The van der Waals surface area contributed by atoms with E-state index in [4.69, 9.17) is 5.73 Å². The lowest BCUT2D eigenvalue weighted by Gasteiger charge is -2.07. The molecule has 2 aromatic carbocycles. The fraction of sp³-hybridized carbons (Fsp3) is 0.188. The number of hydrogen-bond acceptors (Lipinski definition) is 2. The molecule has 0 aliphatic heterocycles.